The Hall–Kier alpha value is -1.91. The summed E-state index contributed by atoms with van der Waals surface area (Å²) in [7, 11) is 0. The number of nitrogens with two attached hydrogens (primary N) is 1. The van der Waals surface area contributed by atoms with Gasteiger partial charge in [-0.25, -0.2) is 4.98 Å². The lowest BCUT2D eigenvalue weighted by Crippen LogP contribution is -1.91. The molecule has 0 aliphatic rings. The summed E-state index contributed by atoms with van der Waals surface area (Å²) in [5, 5.41) is 3.85. The number of anilines is 1. The summed E-state index contributed by atoms with van der Waals surface area (Å²) in [4.78, 5) is 8.31. The Morgan fingerprint density at radius 1 is 1.33 bits per heavy atom. The van der Waals surface area contributed by atoms with Crippen LogP contribution in [0.4, 0.5) is 5.82 Å². The number of pyridine rings is 1. The van der Waals surface area contributed by atoms with Gasteiger partial charge in [-0.1, -0.05) is 18.1 Å². The van der Waals surface area contributed by atoms with Crippen molar-refractivity contribution in [3.63, 3.8) is 0 Å². The molecule has 0 radical (unpaired) electrons. The Kier molecular flexibility index (Phi) is 2.62. The fourth-order valence-corrected chi connectivity index (χ4v) is 1.25. The zero-order chi connectivity index (χ0) is 10.7. The molecule has 0 bridgehead atoms. The average Bonchev–Trinajstić information content (AvgIpc) is 2.67. The van der Waals surface area contributed by atoms with E-state index in [4.69, 9.17) is 10.3 Å². The Labute approximate surface area is 87.3 Å². The summed E-state index contributed by atoms with van der Waals surface area (Å²) in [5.74, 6) is 1.57. The van der Waals surface area contributed by atoms with Crippen LogP contribution in [0.2, 0.25) is 0 Å². The van der Waals surface area contributed by atoms with Crippen LogP contribution in [-0.2, 0) is 6.42 Å². The van der Waals surface area contributed by atoms with Gasteiger partial charge >= 0.3 is 0 Å². The maximum Gasteiger partial charge on any atom is 0.276 e. The summed E-state index contributed by atoms with van der Waals surface area (Å²) >= 11 is 0. The molecule has 2 aromatic rings. The van der Waals surface area contributed by atoms with Crippen molar-refractivity contribution in [3.8, 4) is 11.6 Å². The van der Waals surface area contributed by atoms with Gasteiger partial charge in [0, 0.05) is 6.42 Å². The first-order chi connectivity index (χ1) is 7.29. The first kappa shape index (κ1) is 9.64. The van der Waals surface area contributed by atoms with E-state index in [2.05, 4.69) is 22.0 Å². The van der Waals surface area contributed by atoms with E-state index < -0.39 is 0 Å². The van der Waals surface area contributed by atoms with Crippen molar-refractivity contribution >= 4 is 5.82 Å². The third kappa shape index (κ3) is 2.12. The number of hydrogen-bond donors (Lipinski definition) is 1. The molecule has 5 nitrogen and oxygen atoms in total. The highest BCUT2D eigenvalue weighted by Crippen LogP contribution is 2.15. The van der Waals surface area contributed by atoms with E-state index in [-0.39, 0.29) is 0 Å². The molecule has 0 spiro atoms. The predicted octanol–water partition coefficient (Wildman–Crippen LogP) is 1.67. The van der Waals surface area contributed by atoms with Crippen molar-refractivity contribution in [2.75, 3.05) is 5.73 Å². The second-order valence-electron chi connectivity index (χ2n) is 3.21. The molecular weight excluding hydrogens is 192 g/mol. The maximum absolute atomic E-state index is 5.56. The van der Waals surface area contributed by atoms with Crippen molar-refractivity contribution < 1.29 is 4.52 Å². The van der Waals surface area contributed by atoms with Crippen LogP contribution in [0, 0.1) is 0 Å². The van der Waals surface area contributed by atoms with E-state index in [1.807, 2.05) is 0 Å². The van der Waals surface area contributed by atoms with Crippen LogP contribution in [0.25, 0.3) is 11.6 Å². The van der Waals surface area contributed by atoms with Gasteiger partial charge in [-0.3, -0.25) is 0 Å². The molecule has 2 heterocycles. The van der Waals surface area contributed by atoms with Crippen molar-refractivity contribution in [3.05, 3.63) is 24.0 Å². The highest BCUT2D eigenvalue weighted by atomic mass is 16.5. The standard InChI is InChI=1S/C10H12N4O/c1-2-4-9-13-10(15-14-9)7-5-3-6-8(11)12-7/h3,5-6H,2,4H2,1H3,(H2,11,12). The van der Waals surface area contributed by atoms with Gasteiger partial charge < -0.3 is 10.3 Å². The lowest BCUT2D eigenvalue weighted by Gasteiger charge is -1.94. The molecule has 0 fully saturated rings. The Morgan fingerprint density at radius 3 is 2.93 bits per heavy atom. The zero-order valence-corrected chi connectivity index (χ0v) is 8.47. The smallest absolute Gasteiger partial charge is 0.276 e. The monoisotopic (exact) mass is 204 g/mol. The maximum atomic E-state index is 5.56. The first-order valence-corrected chi connectivity index (χ1v) is 4.85. The Bertz CT molecular complexity index is 452. The third-order valence-corrected chi connectivity index (χ3v) is 1.93. The number of hydrogen-bond acceptors (Lipinski definition) is 5. The molecule has 0 saturated carbocycles. The molecule has 2 N–H and O–H groups in total. The van der Waals surface area contributed by atoms with Crippen LogP contribution in [0.1, 0.15) is 19.2 Å². The first-order valence-electron chi connectivity index (χ1n) is 4.85. The van der Waals surface area contributed by atoms with Crippen molar-refractivity contribution in [2.24, 2.45) is 0 Å². The van der Waals surface area contributed by atoms with Gasteiger partial charge in [0.2, 0.25) is 0 Å². The van der Waals surface area contributed by atoms with Gasteiger partial charge in [0.1, 0.15) is 11.5 Å². The minimum absolute atomic E-state index is 0.422. The summed E-state index contributed by atoms with van der Waals surface area (Å²) in [6.07, 6.45) is 1.80. The molecule has 0 aliphatic carbocycles. The van der Waals surface area contributed by atoms with Crippen molar-refractivity contribution in [1.29, 1.82) is 0 Å². The number of nitrogen functional groups attached to an aromatic ring is 1. The minimum atomic E-state index is 0.422. The van der Waals surface area contributed by atoms with Crippen LogP contribution >= 0.6 is 0 Å². The van der Waals surface area contributed by atoms with E-state index in [1.54, 1.807) is 18.2 Å². The molecule has 15 heavy (non-hydrogen) atoms. The van der Waals surface area contributed by atoms with Gasteiger partial charge in [0.05, 0.1) is 0 Å². The summed E-state index contributed by atoms with van der Waals surface area (Å²) in [6, 6.07) is 5.31. The van der Waals surface area contributed by atoms with Gasteiger partial charge in [-0.15, -0.1) is 0 Å². The molecule has 78 valence electrons. The zero-order valence-electron chi connectivity index (χ0n) is 8.47. The Balaban J connectivity index is 2.29. The van der Waals surface area contributed by atoms with E-state index in [9.17, 15) is 0 Å². The number of rotatable bonds is 3. The quantitative estimate of drug-likeness (QED) is 0.822. The molecule has 5 heteroatoms. The topological polar surface area (TPSA) is 77.8 Å². The van der Waals surface area contributed by atoms with Crippen LogP contribution in [0.5, 0.6) is 0 Å². The SMILES string of the molecule is CCCc1noc(-c2cccc(N)n2)n1. The van der Waals surface area contributed by atoms with Crippen LogP contribution in [0.15, 0.2) is 22.7 Å². The highest BCUT2D eigenvalue weighted by Gasteiger charge is 2.09. The lowest BCUT2D eigenvalue weighted by molar-refractivity contribution is 0.421. The molecule has 0 aliphatic heterocycles. The molecule has 0 saturated heterocycles. The fraction of sp³-hybridized carbons (Fsp3) is 0.300. The van der Waals surface area contributed by atoms with E-state index in [0.717, 1.165) is 12.8 Å². The highest BCUT2D eigenvalue weighted by molar-refractivity contribution is 5.49. The van der Waals surface area contributed by atoms with E-state index >= 15 is 0 Å². The Morgan fingerprint density at radius 2 is 2.20 bits per heavy atom. The number of nitrogens with zero attached hydrogens (tertiary/aromatic N) is 3. The van der Waals surface area contributed by atoms with Gasteiger partial charge in [-0.05, 0) is 18.6 Å². The lowest BCUT2D eigenvalue weighted by atomic mass is 10.3. The fourth-order valence-electron chi connectivity index (χ4n) is 1.25. The normalized spacial score (nSPS) is 10.5. The van der Waals surface area contributed by atoms with E-state index in [1.165, 1.54) is 0 Å². The molecule has 0 aromatic carbocycles. The van der Waals surface area contributed by atoms with E-state index in [0.29, 0.717) is 23.2 Å². The molecule has 2 aromatic heterocycles. The molecule has 2 rings (SSSR count). The summed E-state index contributed by atoms with van der Waals surface area (Å²) < 4.78 is 5.08. The molecular formula is C10H12N4O. The predicted molar refractivity (Wildman–Crippen MR) is 55.9 cm³/mol. The second-order valence-corrected chi connectivity index (χ2v) is 3.21. The van der Waals surface area contributed by atoms with Crippen LogP contribution in [0.3, 0.4) is 0 Å². The van der Waals surface area contributed by atoms with Crippen LogP contribution in [-0.4, -0.2) is 15.1 Å². The summed E-state index contributed by atoms with van der Waals surface area (Å²) in [6.45, 7) is 2.06. The number of aromatic nitrogens is 3. The molecule has 0 unspecified atom stereocenters. The second kappa shape index (κ2) is 4.08. The van der Waals surface area contributed by atoms with Gasteiger partial charge in [0.15, 0.2) is 5.82 Å². The number of aryl methyl sites for hydroxylation is 1. The van der Waals surface area contributed by atoms with Gasteiger partial charge in [0.25, 0.3) is 5.89 Å². The average molecular weight is 204 g/mol. The van der Waals surface area contributed by atoms with Crippen molar-refractivity contribution in [2.45, 2.75) is 19.8 Å². The minimum Gasteiger partial charge on any atom is -0.384 e. The third-order valence-electron chi connectivity index (χ3n) is 1.93. The largest absolute Gasteiger partial charge is 0.384 e. The van der Waals surface area contributed by atoms with Crippen LogP contribution < -0.4 is 5.73 Å². The molecule has 0 atom stereocenters. The molecule has 0 amide bonds. The van der Waals surface area contributed by atoms with Crippen molar-refractivity contribution in [1.82, 2.24) is 15.1 Å². The van der Waals surface area contributed by atoms with Gasteiger partial charge in [-0.2, -0.15) is 4.98 Å². The summed E-state index contributed by atoms with van der Waals surface area (Å²) in [5.41, 5.74) is 6.18.